The summed E-state index contributed by atoms with van der Waals surface area (Å²) in [5, 5.41) is 12.8. The number of hydrogen-bond acceptors (Lipinski definition) is 4. The molecule has 0 aromatic heterocycles. The average Bonchev–Trinajstić information content (AvgIpc) is 2.65. The van der Waals surface area contributed by atoms with Gasteiger partial charge >= 0.3 is 0 Å². The highest BCUT2D eigenvalue weighted by Gasteiger charge is 2.23. The Labute approximate surface area is 79.2 Å². The SMILES string of the molecule is COCCNCC(O)C1CCOC1. The van der Waals surface area contributed by atoms with Crippen molar-refractivity contribution in [1.29, 1.82) is 0 Å². The Morgan fingerprint density at radius 3 is 3.15 bits per heavy atom. The molecule has 4 heteroatoms. The maximum absolute atomic E-state index is 9.66. The summed E-state index contributed by atoms with van der Waals surface area (Å²) < 4.78 is 10.1. The molecule has 13 heavy (non-hydrogen) atoms. The van der Waals surface area contributed by atoms with Gasteiger partial charge in [-0.1, -0.05) is 0 Å². The van der Waals surface area contributed by atoms with Crippen molar-refractivity contribution >= 4 is 0 Å². The molecular formula is C9H19NO3. The van der Waals surface area contributed by atoms with Crippen LogP contribution >= 0.6 is 0 Å². The minimum absolute atomic E-state index is 0.278. The standard InChI is InChI=1S/C9H19NO3/c1-12-5-3-10-6-9(11)8-2-4-13-7-8/h8-11H,2-7H2,1H3. The fraction of sp³-hybridized carbons (Fsp3) is 1.00. The maximum Gasteiger partial charge on any atom is 0.0715 e. The molecule has 2 N–H and O–H groups in total. The zero-order chi connectivity index (χ0) is 9.52. The fourth-order valence-corrected chi connectivity index (χ4v) is 1.45. The van der Waals surface area contributed by atoms with Gasteiger partial charge in [0.25, 0.3) is 0 Å². The number of methoxy groups -OCH3 is 1. The van der Waals surface area contributed by atoms with Gasteiger partial charge < -0.3 is 19.9 Å². The lowest BCUT2D eigenvalue weighted by molar-refractivity contribution is 0.0887. The second kappa shape index (κ2) is 6.32. The highest BCUT2D eigenvalue weighted by molar-refractivity contribution is 4.74. The molecule has 2 unspecified atom stereocenters. The maximum atomic E-state index is 9.66. The van der Waals surface area contributed by atoms with Crippen molar-refractivity contribution in [3.8, 4) is 0 Å². The van der Waals surface area contributed by atoms with E-state index in [0.29, 0.717) is 25.7 Å². The largest absolute Gasteiger partial charge is 0.391 e. The Morgan fingerprint density at radius 2 is 2.54 bits per heavy atom. The Kier molecular flexibility index (Phi) is 5.31. The predicted molar refractivity (Wildman–Crippen MR) is 49.7 cm³/mol. The van der Waals surface area contributed by atoms with Crippen LogP contribution in [0.1, 0.15) is 6.42 Å². The summed E-state index contributed by atoms with van der Waals surface area (Å²) in [6.45, 7) is 3.61. The fourth-order valence-electron chi connectivity index (χ4n) is 1.45. The van der Waals surface area contributed by atoms with E-state index < -0.39 is 0 Å². The first-order chi connectivity index (χ1) is 6.34. The van der Waals surface area contributed by atoms with E-state index in [9.17, 15) is 5.11 Å². The van der Waals surface area contributed by atoms with Crippen LogP contribution in [0.2, 0.25) is 0 Å². The smallest absolute Gasteiger partial charge is 0.0715 e. The molecule has 0 aromatic rings. The second-order valence-electron chi connectivity index (χ2n) is 3.39. The van der Waals surface area contributed by atoms with E-state index in [1.54, 1.807) is 7.11 Å². The third-order valence-corrected chi connectivity index (χ3v) is 2.35. The van der Waals surface area contributed by atoms with E-state index in [1.165, 1.54) is 0 Å². The Bertz CT molecular complexity index is 126. The van der Waals surface area contributed by atoms with Crippen molar-refractivity contribution in [2.75, 3.05) is 40.0 Å². The minimum atomic E-state index is -0.278. The van der Waals surface area contributed by atoms with Gasteiger partial charge in [-0.3, -0.25) is 0 Å². The number of aliphatic hydroxyl groups is 1. The van der Waals surface area contributed by atoms with Gasteiger partial charge in [0.2, 0.25) is 0 Å². The van der Waals surface area contributed by atoms with E-state index in [1.807, 2.05) is 0 Å². The molecule has 0 aliphatic carbocycles. The van der Waals surface area contributed by atoms with Crippen molar-refractivity contribution < 1.29 is 14.6 Å². The molecule has 1 fully saturated rings. The van der Waals surface area contributed by atoms with Gasteiger partial charge in [0.15, 0.2) is 0 Å². The van der Waals surface area contributed by atoms with Crippen molar-refractivity contribution in [2.45, 2.75) is 12.5 Å². The van der Waals surface area contributed by atoms with E-state index >= 15 is 0 Å². The average molecular weight is 189 g/mol. The minimum Gasteiger partial charge on any atom is -0.391 e. The van der Waals surface area contributed by atoms with E-state index in [-0.39, 0.29) is 6.10 Å². The van der Waals surface area contributed by atoms with Gasteiger partial charge in [0, 0.05) is 32.7 Å². The van der Waals surface area contributed by atoms with Crippen LogP contribution in [-0.4, -0.2) is 51.2 Å². The lowest BCUT2D eigenvalue weighted by Crippen LogP contribution is -2.34. The van der Waals surface area contributed by atoms with Crippen LogP contribution in [0, 0.1) is 5.92 Å². The third kappa shape index (κ3) is 4.04. The van der Waals surface area contributed by atoms with Crippen molar-refractivity contribution in [3.63, 3.8) is 0 Å². The Hall–Kier alpha value is -0.160. The zero-order valence-electron chi connectivity index (χ0n) is 8.16. The molecule has 0 radical (unpaired) electrons. The molecule has 0 spiro atoms. The summed E-state index contributed by atoms with van der Waals surface area (Å²) in [6, 6.07) is 0. The van der Waals surface area contributed by atoms with E-state index in [0.717, 1.165) is 19.6 Å². The first kappa shape index (κ1) is 10.9. The molecule has 1 rings (SSSR count). The molecule has 1 aliphatic rings. The lowest BCUT2D eigenvalue weighted by atomic mass is 10.0. The summed E-state index contributed by atoms with van der Waals surface area (Å²) in [7, 11) is 1.67. The number of ether oxygens (including phenoxy) is 2. The van der Waals surface area contributed by atoms with Crippen LogP contribution < -0.4 is 5.32 Å². The van der Waals surface area contributed by atoms with Crippen molar-refractivity contribution in [3.05, 3.63) is 0 Å². The normalized spacial score (nSPS) is 24.9. The summed E-state index contributed by atoms with van der Waals surface area (Å²) in [6.07, 6.45) is 0.701. The van der Waals surface area contributed by atoms with E-state index in [4.69, 9.17) is 9.47 Å². The van der Waals surface area contributed by atoms with Crippen LogP contribution in [0.25, 0.3) is 0 Å². The lowest BCUT2D eigenvalue weighted by Gasteiger charge is -2.16. The van der Waals surface area contributed by atoms with Gasteiger partial charge in [0.1, 0.15) is 0 Å². The molecule has 0 bridgehead atoms. The number of rotatable bonds is 6. The molecule has 0 aromatic carbocycles. The summed E-state index contributed by atoms with van der Waals surface area (Å²) in [5.41, 5.74) is 0. The summed E-state index contributed by atoms with van der Waals surface area (Å²) in [5.74, 6) is 0.315. The van der Waals surface area contributed by atoms with E-state index in [2.05, 4.69) is 5.32 Å². The first-order valence-electron chi connectivity index (χ1n) is 4.80. The van der Waals surface area contributed by atoms with Gasteiger partial charge in [0.05, 0.1) is 19.3 Å². The highest BCUT2D eigenvalue weighted by Crippen LogP contribution is 2.15. The number of aliphatic hydroxyl groups excluding tert-OH is 1. The summed E-state index contributed by atoms with van der Waals surface area (Å²) in [4.78, 5) is 0. The van der Waals surface area contributed by atoms with Crippen molar-refractivity contribution in [2.24, 2.45) is 5.92 Å². The van der Waals surface area contributed by atoms with Crippen LogP contribution in [0.15, 0.2) is 0 Å². The first-order valence-corrected chi connectivity index (χ1v) is 4.80. The molecule has 1 aliphatic heterocycles. The Balaban J connectivity index is 1.99. The Morgan fingerprint density at radius 1 is 1.69 bits per heavy atom. The molecule has 78 valence electrons. The second-order valence-corrected chi connectivity index (χ2v) is 3.39. The predicted octanol–water partition coefficient (Wildman–Crippen LogP) is -0.380. The summed E-state index contributed by atoms with van der Waals surface area (Å²) >= 11 is 0. The zero-order valence-corrected chi connectivity index (χ0v) is 8.16. The van der Waals surface area contributed by atoms with Crippen LogP contribution in [0.4, 0.5) is 0 Å². The molecule has 0 saturated carbocycles. The van der Waals surface area contributed by atoms with Crippen LogP contribution in [0.5, 0.6) is 0 Å². The van der Waals surface area contributed by atoms with Crippen LogP contribution in [0.3, 0.4) is 0 Å². The highest BCUT2D eigenvalue weighted by atomic mass is 16.5. The quantitative estimate of drug-likeness (QED) is 0.559. The molecular weight excluding hydrogens is 170 g/mol. The topological polar surface area (TPSA) is 50.7 Å². The monoisotopic (exact) mass is 189 g/mol. The van der Waals surface area contributed by atoms with Gasteiger partial charge in [-0.05, 0) is 6.42 Å². The number of hydrogen-bond donors (Lipinski definition) is 2. The van der Waals surface area contributed by atoms with Crippen molar-refractivity contribution in [1.82, 2.24) is 5.32 Å². The van der Waals surface area contributed by atoms with Gasteiger partial charge in [-0.25, -0.2) is 0 Å². The van der Waals surface area contributed by atoms with Crippen LogP contribution in [-0.2, 0) is 9.47 Å². The van der Waals surface area contributed by atoms with Gasteiger partial charge in [-0.15, -0.1) is 0 Å². The molecule has 1 saturated heterocycles. The molecule has 1 heterocycles. The molecule has 4 nitrogen and oxygen atoms in total. The molecule has 2 atom stereocenters. The molecule has 0 amide bonds. The number of nitrogens with one attached hydrogen (secondary N) is 1. The third-order valence-electron chi connectivity index (χ3n) is 2.35. The van der Waals surface area contributed by atoms with Gasteiger partial charge in [-0.2, -0.15) is 0 Å².